The van der Waals surface area contributed by atoms with Crippen molar-refractivity contribution in [2.45, 2.75) is 75.5 Å². The molecular weight excluding hydrogens is 734 g/mol. The van der Waals surface area contributed by atoms with E-state index in [1.54, 1.807) is 18.7 Å². The minimum atomic E-state index is -5.76. The van der Waals surface area contributed by atoms with Crippen LogP contribution in [0.1, 0.15) is 86.8 Å². The number of benzene rings is 3. The van der Waals surface area contributed by atoms with Crippen LogP contribution < -0.4 is 4.90 Å². The quantitative estimate of drug-likeness (QED) is 0.0832. The third-order valence-corrected chi connectivity index (χ3v) is 11.4. The number of hydrogen-bond donors (Lipinski definition) is 1. The summed E-state index contributed by atoms with van der Waals surface area (Å²) >= 11 is 0. The molecule has 0 radical (unpaired) electrons. The van der Waals surface area contributed by atoms with Gasteiger partial charge in [-0.05, 0) is 103 Å². The number of alkyl halides is 3. The van der Waals surface area contributed by atoms with Crippen LogP contribution in [0.15, 0.2) is 53.7 Å². The smallest absolute Gasteiger partial charge is 0.416 e. The molecule has 53 heavy (non-hydrogen) atoms. The van der Waals surface area contributed by atoms with Gasteiger partial charge in [-0.2, -0.15) is 17.5 Å². The van der Waals surface area contributed by atoms with Gasteiger partial charge in [0.15, 0.2) is 28.2 Å². The minimum Gasteiger partial charge on any atom is -0.478 e. The Hall–Kier alpha value is -4.57. The highest BCUT2D eigenvalue weighted by atomic mass is 32.2. The number of aromatic carboxylic acids is 1. The van der Waals surface area contributed by atoms with Crippen molar-refractivity contribution in [3.63, 3.8) is 0 Å². The standard InChI is InChI=1S/C37H33F8N3O4S/c1-19-11-26(36(49)50)12-20(2)34(19)47(17-21-13-24(22-3-4-22)15-25(14-21)23-5-6-23)9-10-48(18-27-16-46-8-7-28(27)37(43,44)45)53(51,52)35-32(41)30(39)29(38)31(40)33(35)42/h7-8,11-16,22-23H,3-6,9-10,17-18H2,1-2H3,(H,49,50). The van der Waals surface area contributed by atoms with Gasteiger partial charge in [0.05, 0.1) is 11.1 Å². The van der Waals surface area contributed by atoms with E-state index in [-0.39, 0.29) is 23.0 Å². The molecule has 0 aliphatic heterocycles. The van der Waals surface area contributed by atoms with Crippen LogP contribution in [-0.4, -0.2) is 41.9 Å². The van der Waals surface area contributed by atoms with Gasteiger partial charge < -0.3 is 10.0 Å². The number of halogens is 8. The summed E-state index contributed by atoms with van der Waals surface area (Å²) in [6.07, 6.45) is 0.486. The third kappa shape index (κ3) is 7.88. The summed E-state index contributed by atoms with van der Waals surface area (Å²) in [5, 5.41) is 9.66. The van der Waals surface area contributed by atoms with Crippen LogP contribution in [0.4, 0.5) is 40.8 Å². The van der Waals surface area contributed by atoms with E-state index in [1.165, 1.54) is 12.1 Å². The van der Waals surface area contributed by atoms with Crippen molar-refractivity contribution in [1.82, 2.24) is 9.29 Å². The van der Waals surface area contributed by atoms with Crippen molar-refractivity contribution in [3.8, 4) is 0 Å². The zero-order valence-electron chi connectivity index (χ0n) is 28.4. The maximum Gasteiger partial charge on any atom is 0.416 e. The predicted molar refractivity (Wildman–Crippen MR) is 177 cm³/mol. The summed E-state index contributed by atoms with van der Waals surface area (Å²) in [5.74, 6) is -13.5. The lowest BCUT2D eigenvalue weighted by Crippen LogP contribution is -2.40. The number of rotatable bonds is 13. The minimum absolute atomic E-state index is 0.0396. The molecule has 2 saturated carbocycles. The lowest BCUT2D eigenvalue weighted by molar-refractivity contribution is -0.138. The Morgan fingerprint density at radius 1 is 0.811 bits per heavy atom. The molecule has 0 atom stereocenters. The van der Waals surface area contributed by atoms with Gasteiger partial charge in [-0.15, -0.1) is 0 Å². The lowest BCUT2D eigenvalue weighted by Gasteiger charge is -2.32. The molecule has 0 saturated heterocycles. The molecule has 4 aromatic rings. The molecule has 3 aromatic carbocycles. The summed E-state index contributed by atoms with van der Waals surface area (Å²) < 4.78 is 143. The average molecular weight is 768 g/mol. The fraction of sp³-hybridized carbons (Fsp3) is 0.351. The zero-order valence-corrected chi connectivity index (χ0v) is 29.2. The van der Waals surface area contributed by atoms with Crippen molar-refractivity contribution in [2.75, 3.05) is 18.0 Å². The van der Waals surface area contributed by atoms with Crippen LogP contribution in [-0.2, 0) is 29.3 Å². The second-order valence-electron chi connectivity index (χ2n) is 13.5. The van der Waals surface area contributed by atoms with Crippen LogP contribution in [0.2, 0.25) is 0 Å². The van der Waals surface area contributed by atoms with Gasteiger partial charge in [0.25, 0.3) is 0 Å². The van der Waals surface area contributed by atoms with E-state index in [9.17, 15) is 44.7 Å². The van der Waals surface area contributed by atoms with E-state index in [0.717, 1.165) is 48.6 Å². The van der Waals surface area contributed by atoms with E-state index in [4.69, 9.17) is 0 Å². The number of aryl methyl sites for hydroxylation is 2. The van der Waals surface area contributed by atoms with Crippen molar-refractivity contribution in [3.05, 3.63) is 122 Å². The molecule has 282 valence electrons. The van der Waals surface area contributed by atoms with E-state index in [0.29, 0.717) is 40.9 Å². The molecule has 0 unspecified atom stereocenters. The number of carboxylic acids is 1. The Morgan fingerprint density at radius 3 is 1.83 bits per heavy atom. The average Bonchev–Trinajstić information content (AvgIpc) is 4.01. The molecule has 0 amide bonds. The Morgan fingerprint density at radius 2 is 1.34 bits per heavy atom. The first-order valence-electron chi connectivity index (χ1n) is 16.6. The van der Waals surface area contributed by atoms with Crippen molar-refractivity contribution in [1.29, 1.82) is 0 Å². The van der Waals surface area contributed by atoms with Gasteiger partial charge in [-0.25, -0.2) is 35.2 Å². The Labute approximate surface area is 299 Å². The number of nitrogens with zero attached hydrogens (tertiary/aromatic N) is 3. The first-order valence-corrected chi connectivity index (χ1v) is 18.1. The molecule has 7 nitrogen and oxygen atoms in total. The fourth-order valence-electron chi connectivity index (χ4n) is 6.69. The Bertz CT molecular complexity index is 2120. The maximum absolute atomic E-state index is 15.1. The monoisotopic (exact) mass is 767 g/mol. The van der Waals surface area contributed by atoms with Gasteiger partial charge in [0, 0.05) is 44.3 Å². The number of sulfonamides is 1. The number of anilines is 1. The number of pyridine rings is 1. The van der Waals surface area contributed by atoms with E-state index < -0.39 is 80.4 Å². The van der Waals surface area contributed by atoms with Crippen LogP contribution in [0, 0.1) is 42.9 Å². The number of aromatic nitrogens is 1. The molecule has 2 aliphatic rings. The topological polar surface area (TPSA) is 90.8 Å². The van der Waals surface area contributed by atoms with Crippen molar-refractivity contribution < 1.29 is 53.4 Å². The van der Waals surface area contributed by atoms with Crippen molar-refractivity contribution >= 4 is 21.7 Å². The molecule has 1 heterocycles. The van der Waals surface area contributed by atoms with Crippen LogP contribution in [0.25, 0.3) is 0 Å². The highest BCUT2D eigenvalue weighted by Crippen LogP contribution is 2.46. The molecule has 0 bridgehead atoms. The Balaban J connectivity index is 1.46. The molecular formula is C37H33F8N3O4S. The highest BCUT2D eigenvalue weighted by Gasteiger charge is 2.40. The Kier molecular flexibility index (Phi) is 10.3. The summed E-state index contributed by atoms with van der Waals surface area (Å²) in [6, 6.07) is 9.51. The number of hydrogen-bond acceptors (Lipinski definition) is 5. The highest BCUT2D eigenvalue weighted by molar-refractivity contribution is 7.89. The predicted octanol–water partition coefficient (Wildman–Crippen LogP) is 8.76. The lowest BCUT2D eigenvalue weighted by atomic mass is 9.98. The van der Waals surface area contributed by atoms with Gasteiger partial charge in [0.2, 0.25) is 15.8 Å². The second kappa shape index (κ2) is 14.3. The van der Waals surface area contributed by atoms with Crippen molar-refractivity contribution in [2.24, 2.45) is 0 Å². The zero-order chi connectivity index (χ0) is 38.6. The SMILES string of the molecule is Cc1cc(C(=O)O)cc(C)c1N(CCN(Cc1cnccc1C(F)(F)F)S(=O)(=O)c1c(F)c(F)c(F)c(F)c1F)Cc1cc(C2CC2)cc(C2CC2)c1. The molecule has 16 heteroatoms. The molecule has 6 rings (SSSR count). The fourth-order valence-corrected chi connectivity index (χ4v) is 8.21. The van der Waals surface area contributed by atoms with Gasteiger partial charge in [-0.1, -0.05) is 18.2 Å². The summed E-state index contributed by atoms with van der Waals surface area (Å²) in [6.45, 7) is 0.921. The number of carboxylic acid groups (broad SMARTS) is 1. The van der Waals surface area contributed by atoms with Gasteiger partial charge >= 0.3 is 12.1 Å². The van der Waals surface area contributed by atoms with E-state index in [1.807, 2.05) is 12.1 Å². The molecule has 0 spiro atoms. The third-order valence-electron chi connectivity index (χ3n) is 9.51. The molecule has 1 N–H and O–H groups in total. The summed E-state index contributed by atoms with van der Waals surface area (Å²) in [7, 11) is -5.76. The first kappa shape index (κ1) is 38.2. The molecule has 1 aromatic heterocycles. The number of carbonyl (C=O) groups is 1. The summed E-state index contributed by atoms with van der Waals surface area (Å²) in [5.41, 5.74) is 2.27. The van der Waals surface area contributed by atoms with E-state index >= 15 is 8.78 Å². The van der Waals surface area contributed by atoms with Crippen LogP contribution in [0.3, 0.4) is 0 Å². The normalized spacial score (nSPS) is 14.9. The largest absolute Gasteiger partial charge is 0.478 e. The maximum atomic E-state index is 15.1. The van der Waals surface area contributed by atoms with E-state index in [2.05, 4.69) is 11.1 Å². The van der Waals surface area contributed by atoms with Gasteiger partial charge in [-0.3, -0.25) is 4.98 Å². The van der Waals surface area contributed by atoms with Crippen LogP contribution >= 0.6 is 0 Å². The first-order chi connectivity index (χ1) is 24.9. The summed E-state index contributed by atoms with van der Waals surface area (Å²) in [4.78, 5) is 14.9. The van der Waals surface area contributed by atoms with Gasteiger partial charge in [0.1, 0.15) is 0 Å². The molecule has 2 fully saturated rings. The molecule has 2 aliphatic carbocycles. The van der Waals surface area contributed by atoms with Crippen LogP contribution in [0.5, 0.6) is 0 Å². The second-order valence-corrected chi connectivity index (χ2v) is 15.4.